The standard InChI is InChI=1S/C13H19BrO/c1-10(2)7-11(3)15-9-12-5-4-6-13(14)8-12/h4-6,8,10-11H,7,9H2,1-3H3. The van der Waals surface area contributed by atoms with Crippen LogP contribution in [0.4, 0.5) is 0 Å². The number of ether oxygens (including phenoxy) is 1. The van der Waals surface area contributed by atoms with Crippen molar-refractivity contribution in [2.24, 2.45) is 5.92 Å². The van der Waals surface area contributed by atoms with Gasteiger partial charge < -0.3 is 4.74 Å². The summed E-state index contributed by atoms with van der Waals surface area (Å²) in [6, 6.07) is 8.26. The Bertz CT molecular complexity index is 296. The summed E-state index contributed by atoms with van der Waals surface area (Å²) < 4.78 is 6.88. The fraction of sp³-hybridized carbons (Fsp3) is 0.538. The molecule has 0 aliphatic rings. The van der Waals surface area contributed by atoms with Gasteiger partial charge in [0.05, 0.1) is 12.7 Å². The van der Waals surface area contributed by atoms with Gasteiger partial charge in [-0.1, -0.05) is 41.9 Å². The summed E-state index contributed by atoms with van der Waals surface area (Å²) in [6.07, 6.45) is 1.46. The van der Waals surface area contributed by atoms with Crippen LogP contribution in [0.3, 0.4) is 0 Å². The van der Waals surface area contributed by atoms with Gasteiger partial charge in [-0.2, -0.15) is 0 Å². The van der Waals surface area contributed by atoms with Gasteiger partial charge in [0.1, 0.15) is 0 Å². The Morgan fingerprint density at radius 1 is 1.27 bits per heavy atom. The van der Waals surface area contributed by atoms with E-state index in [1.54, 1.807) is 0 Å². The van der Waals surface area contributed by atoms with E-state index in [-0.39, 0.29) is 0 Å². The second-order valence-corrected chi connectivity index (χ2v) is 5.30. The van der Waals surface area contributed by atoms with Crippen LogP contribution in [0.2, 0.25) is 0 Å². The summed E-state index contributed by atoms with van der Waals surface area (Å²) in [5, 5.41) is 0. The zero-order valence-electron chi connectivity index (χ0n) is 9.66. The van der Waals surface area contributed by atoms with Crippen LogP contribution in [0.15, 0.2) is 28.7 Å². The molecule has 0 spiro atoms. The lowest BCUT2D eigenvalue weighted by Gasteiger charge is -2.15. The largest absolute Gasteiger partial charge is 0.374 e. The lowest BCUT2D eigenvalue weighted by molar-refractivity contribution is 0.0397. The molecule has 0 fully saturated rings. The van der Waals surface area contributed by atoms with Gasteiger partial charge in [-0.05, 0) is 37.0 Å². The van der Waals surface area contributed by atoms with Crippen LogP contribution in [0.5, 0.6) is 0 Å². The molecule has 0 aliphatic heterocycles. The third-order valence-electron chi connectivity index (χ3n) is 2.23. The summed E-state index contributed by atoms with van der Waals surface area (Å²) in [5.41, 5.74) is 1.22. The number of hydrogen-bond donors (Lipinski definition) is 0. The van der Waals surface area contributed by atoms with E-state index in [1.165, 1.54) is 5.56 Å². The third kappa shape index (κ3) is 5.33. The predicted molar refractivity (Wildman–Crippen MR) is 67.8 cm³/mol. The first-order valence-corrected chi connectivity index (χ1v) is 6.23. The number of halogens is 1. The van der Waals surface area contributed by atoms with E-state index in [0.29, 0.717) is 18.6 Å². The molecule has 2 heteroatoms. The SMILES string of the molecule is CC(C)CC(C)OCc1cccc(Br)c1. The molecule has 0 aliphatic carbocycles. The zero-order chi connectivity index (χ0) is 11.3. The Kier molecular flexibility index (Phi) is 5.34. The zero-order valence-corrected chi connectivity index (χ0v) is 11.3. The quantitative estimate of drug-likeness (QED) is 0.771. The molecule has 1 aromatic rings. The van der Waals surface area contributed by atoms with E-state index in [4.69, 9.17) is 4.74 Å². The van der Waals surface area contributed by atoms with Gasteiger partial charge in [0.2, 0.25) is 0 Å². The summed E-state index contributed by atoms with van der Waals surface area (Å²) >= 11 is 3.45. The number of rotatable bonds is 5. The summed E-state index contributed by atoms with van der Waals surface area (Å²) in [6.45, 7) is 7.28. The predicted octanol–water partition coefficient (Wildman–Crippen LogP) is 4.40. The molecule has 1 atom stereocenters. The molecule has 0 radical (unpaired) electrons. The molecule has 15 heavy (non-hydrogen) atoms. The highest BCUT2D eigenvalue weighted by atomic mass is 79.9. The van der Waals surface area contributed by atoms with Crippen molar-refractivity contribution >= 4 is 15.9 Å². The highest BCUT2D eigenvalue weighted by Crippen LogP contribution is 2.14. The minimum atomic E-state index is 0.337. The van der Waals surface area contributed by atoms with Gasteiger partial charge in [-0.3, -0.25) is 0 Å². The molecule has 0 heterocycles. The van der Waals surface area contributed by atoms with Gasteiger partial charge in [0, 0.05) is 4.47 Å². The van der Waals surface area contributed by atoms with Crippen molar-refractivity contribution in [3.05, 3.63) is 34.3 Å². The second-order valence-electron chi connectivity index (χ2n) is 4.38. The van der Waals surface area contributed by atoms with E-state index in [1.807, 2.05) is 12.1 Å². The van der Waals surface area contributed by atoms with Crippen molar-refractivity contribution in [2.45, 2.75) is 39.9 Å². The van der Waals surface area contributed by atoms with Crippen LogP contribution in [0.25, 0.3) is 0 Å². The van der Waals surface area contributed by atoms with Gasteiger partial charge in [0.15, 0.2) is 0 Å². The molecule has 1 unspecified atom stereocenters. The smallest absolute Gasteiger partial charge is 0.0720 e. The molecule has 84 valence electrons. The summed E-state index contributed by atoms with van der Waals surface area (Å²) in [5.74, 6) is 0.697. The van der Waals surface area contributed by atoms with E-state index >= 15 is 0 Å². The van der Waals surface area contributed by atoms with Gasteiger partial charge in [-0.25, -0.2) is 0 Å². The van der Waals surface area contributed by atoms with Crippen LogP contribution in [-0.2, 0) is 11.3 Å². The van der Waals surface area contributed by atoms with Gasteiger partial charge in [-0.15, -0.1) is 0 Å². The van der Waals surface area contributed by atoms with Crippen LogP contribution in [0, 0.1) is 5.92 Å². The van der Waals surface area contributed by atoms with Crippen LogP contribution in [-0.4, -0.2) is 6.10 Å². The summed E-state index contributed by atoms with van der Waals surface area (Å²) in [7, 11) is 0. The topological polar surface area (TPSA) is 9.23 Å². The number of benzene rings is 1. The minimum Gasteiger partial charge on any atom is -0.374 e. The summed E-state index contributed by atoms with van der Waals surface area (Å²) in [4.78, 5) is 0. The number of hydrogen-bond acceptors (Lipinski definition) is 1. The molecule has 0 saturated carbocycles. The maximum atomic E-state index is 5.77. The monoisotopic (exact) mass is 270 g/mol. The van der Waals surface area contributed by atoms with Crippen LogP contribution >= 0.6 is 15.9 Å². The Morgan fingerprint density at radius 3 is 2.60 bits per heavy atom. The molecule has 0 amide bonds. The van der Waals surface area contributed by atoms with Gasteiger partial charge >= 0.3 is 0 Å². The molecule has 1 nitrogen and oxygen atoms in total. The van der Waals surface area contributed by atoms with Crippen LogP contribution < -0.4 is 0 Å². The maximum Gasteiger partial charge on any atom is 0.0720 e. The second kappa shape index (κ2) is 6.29. The molecule has 1 rings (SSSR count). The highest BCUT2D eigenvalue weighted by molar-refractivity contribution is 9.10. The average Bonchev–Trinajstić information content (AvgIpc) is 2.14. The molecule has 0 saturated heterocycles. The van der Waals surface area contributed by atoms with Crippen molar-refractivity contribution in [3.8, 4) is 0 Å². The third-order valence-corrected chi connectivity index (χ3v) is 2.72. The fourth-order valence-electron chi connectivity index (χ4n) is 1.60. The van der Waals surface area contributed by atoms with Crippen molar-refractivity contribution in [3.63, 3.8) is 0 Å². The van der Waals surface area contributed by atoms with Gasteiger partial charge in [0.25, 0.3) is 0 Å². The normalized spacial score (nSPS) is 13.1. The van der Waals surface area contributed by atoms with Crippen molar-refractivity contribution < 1.29 is 4.74 Å². The first-order valence-electron chi connectivity index (χ1n) is 5.44. The van der Waals surface area contributed by atoms with E-state index in [2.05, 4.69) is 48.8 Å². The molecule has 1 aromatic carbocycles. The Labute approximate surface area is 101 Å². The Balaban J connectivity index is 2.36. The average molecular weight is 271 g/mol. The van der Waals surface area contributed by atoms with Crippen molar-refractivity contribution in [2.75, 3.05) is 0 Å². The van der Waals surface area contributed by atoms with E-state index in [0.717, 1.165) is 10.9 Å². The molecule has 0 aromatic heterocycles. The minimum absolute atomic E-state index is 0.337. The molecule has 0 bridgehead atoms. The van der Waals surface area contributed by atoms with E-state index in [9.17, 15) is 0 Å². The molecular weight excluding hydrogens is 252 g/mol. The van der Waals surface area contributed by atoms with E-state index < -0.39 is 0 Å². The lowest BCUT2D eigenvalue weighted by Crippen LogP contribution is -2.11. The first-order chi connectivity index (χ1) is 7.08. The lowest BCUT2D eigenvalue weighted by atomic mass is 10.1. The first kappa shape index (κ1) is 12.7. The van der Waals surface area contributed by atoms with Crippen LogP contribution in [0.1, 0.15) is 32.8 Å². The fourth-order valence-corrected chi connectivity index (χ4v) is 2.04. The highest BCUT2D eigenvalue weighted by Gasteiger charge is 2.05. The Hall–Kier alpha value is -0.340. The molecule has 0 N–H and O–H groups in total. The van der Waals surface area contributed by atoms with Crippen molar-refractivity contribution in [1.29, 1.82) is 0 Å². The van der Waals surface area contributed by atoms with Crippen molar-refractivity contribution in [1.82, 2.24) is 0 Å². The molecular formula is C13H19BrO. The maximum absolute atomic E-state index is 5.77. The Morgan fingerprint density at radius 2 is 2.00 bits per heavy atom.